The molecule has 7 nitrogen and oxygen atoms in total. The van der Waals surface area contributed by atoms with Crippen LogP contribution in [-0.4, -0.2) is 89.4 Å². The predicted octanol–water partition coefficient (Wildman–Crippen LogP) is 1.76. The van der Waals surface area contributed by atoms with Crippen molar-refractivity contribution in [1.29, 1.82) is 0 Å². The lowest BCUT2D eigenvalue weighted by molar-refractivity contribution is -0.0249. The van der Waals surface area contributed by atoms with Crippen molar-refractivity contribution in [1.82, 2.24) is 14.8 Å². The molecule has 7 heteroatoms. The van der Waals surface area contributed by atoms with Crippen LogP contribution in [0.5, 0.6) is 0 Å². The first-order valence-corrected chi connectivity index (χ1v) is 11.0. The summed E-state index contributed by atoms with van der Waals surface area (Å²) in [5, 5.41) is 21.3. The average molecular weight is 411 g/mol. The lowest BCUT2D eigenvalue weighted by Crippen LogP contribution is -2.55. The minimum Gasteiger partial charge on any atom is -0.478 e. The van der Waals surface area contributed by atoms with Crippen molar-refractivity contribution >= 4 is 22.7 Å². The second-order valence-corrected chi connectivity index (χ2v) is 9.22. The molecule has 2 N–H and O–H groups in total. The molecule has 0 bridgehead atoms. The molecule has 0 amide bonds. The molecular weight excluding hydrogens is 380 g/mol. The van der Waals surface area contributed by atoms with E-state index < -0.39 is 5.97 Å². The van der Waals surface area contributed by atoms with E-state index in [0.29, 0.717) is 22.8 Å². The van der Waals surface area contributed by atoms with Crippen molar-refractivity contribution in [3.63, 3.8) is 0 Å². The number of hydrogen-bond donors (Lipinski definition) is 2. The Hall–Kier alpha value is -2.22. The monoisotopic (exact) mass is 410 g/mol. The number of para-hydroxylation sites is 1. The highest BCUT2D eigenvalue weighted by Crippen LogP contribution is 2.40. The van der Waals surface area contributed by atoms with Crippen molar-refractivity contribution in [2.24, 2.45) is 11.8 Å². The SMILES string of the molecule is CN1CCN([C@@H]2C[C@@H]3CN(c4cc(C(=O)O)c5ccccc5n4)C[C@@H]3C[C@H]2O)CC1. The van der Waals surface area contributed by atoms with Gasteiger partial charge in [0.2, 0.25) is 0 Å². The molecule has 2 aromatic rings. The van der Waals surface area contributed by atoms with Gasteiger partial charge < -0.3 is 20.0 Å². The van der Waals surface area contributed by atoms with Gasteiger partial charge in [-0.15, -0.1) is 0 Å². The molecule has 1 aliphatic carbocycles. The molecule has 1 aromatic carbocycles. The predicted molar refractivity (Wildman–Crippen MR) is 116 cm³/mol. The summed E-state index contributed by atoms with van der Waals surface area (Å²) < 4.78 is 0. The highest BCUT2D eigenvalue weighted by molar-refractivity contribution is 6.03. The Morgan fingerprint density at radius 1 is 1.07 bits per heavy atom. The van der Waals surface area contributed by atoms with Gasteiger partial charge in [-0.3, -0.25) is 4.90 Å². The molecule has 3 heterocycles. The number of nitrogens with zero attached hydrogens (tertiary/aromatic N) is 4. The van der Waals surface area contributed by atoms with E-state index in [-0.39, 0.29) is 12.1 Å². The number of aromatic carboxylic acids is 1. The van der Waals surface area contributed by atoms with Crippen molar-refractivity contribution in [2.45, 2.75) is 25.0 Å². The molecule has 2 aliphatic heterocycles. The van der Waals surface area contributed by atoms with Crippen molar-refractivity contribution in [3.05, 3.63) is 35.9 Å². The summed E-state index contributed by atoms with van der Waals surface area (Å²) in [7, 11) is 2.15. The van der Waals surface area contributed by atoms with E-state index in [1.165, 1.54) is 0 Å². The third-order valence-electron chi connectivity index (χ3n) is 7.37. The fourth-order valence-corrected chi connectivity index (χ4v) is 5.64. The van der Waals surface area contributed by atoms with E-state index in [1.54, 1.807) is 6.07 Å². The van der Waals surface area contributed by atoms with Gasteiger partial charge in [-0.05, 0) is 43.9 Å². The molecule has 1 saturated carbocycles. The number of carboxylic acid groups (broad SMARTS) is 1. The quantitative estimate of drug-likeness (QED) is 0.798. The number of aliphatic hydroxyl groups excluding tert-OH is 1. The molecule has 0 unspecified atom stereocenters. The molecule has 4 atom stereocenters. The number of rotatable bonds is 3. The maximum Gasteiger partial charge on any atom is 0.336 e. The number of anilines is 1. The van der Waals surface area contributed by atoms with Gasteiger partial charge in [-0.25, -0.2) is 9.78 Å². The summed E-state index contributed by atoms with van der Waals surface area (Å²) in [6.07, 6.45) is 1.54. The number of carbonyl (C=O) groups is 1. The Morgan fingerprint density at radius 2 is 1.77 bits per heavy atom. The second kappa shape index (κ2) is 7.80. The van der Waals surface area contributed by atoms with Crippen LogP contribution in [0.2, 0.25) is 0 Å². The molecule has 0 spiro atoms. The number of aromatic nitrogens is 1. The Balaban J connectivity index is 1.36. The van der Waals surface area contributed by atoms with Gasteiger partial charge in [0.25, 0.3) is 0 Å². The molecule has 160 valence electrons. The average Bonchev–Trinajstić information content (AvgIpc) is 3.15. The zero-order valence-corrected chi connectivity index (χ0v) is 17.4. The standard InChI is InChI=1S/C23H30N4O3/c1-25-6-8-26(9-7-25)20-10-15-13-27(14-16(15)11-21(20)28)22-12-18(23(29)30)17-4-2-3-5-19(17)24-22/h2-5,12,15-16,20-21,28H,6-11,13-14H2,1H3,(H,29,30)/t15-,16+,20-,21-/m1/s1. The van der Waals surface area contributed by atoms with Crippen molar-refractivity contribution in [2.75, 3.05) is 51.2 Å². The maximum absolute atomic E-state index is 11.8. The second-order valence-electron chi connectivity index (χ2n) is 9.22. The number of likely N-dealkylation sites (N-methyl/N-ethyl adjacent to an activating group) is 1. The minimum absolute atomic E-state index is 0.235. The van der Waals surface area contributed by atoms with Crippen LogP contribution < -0.4 is 4.90 Å². The summed E-state index contributed by atoms with van der Waals surface area (Å²) >= 11 is 0. The molecule has 1 aromatic heterocycles. The minimum atomic E-state index is -0.919. The highest BCUT2D eigenvalue weighted by Gasteiger charge is 2.44. The highest BCUT2D eigenvalue weighted by atomic mass is 16.4. The van der Waals surface area contributed by atoms with Crippen LogP contribution in [0.15, 0.2) is 30.3 Å². The van der Waals surface area contributed by atoms with Crippen molar-refractivity contribution < 1.29 is 15.0 Å². The van der Waals surface area contributed by atoms with Gasteiger partial charge in [0.15, 0.2) is 0 Å². The van der Waals surface area contributed by atoms with Crippen LogP contribution in [-0.2, 0) is 0 Å². The molecule has 2 saturated heterocycles. The lowest BCUT2D eigenvalue weighted by atomic mass is 9.77. The van der Waals surface area contributed by atoms with E-state index in [4.69, 9.17) is 4.98 Å². The summed E-state index contributed by atoms with van der Waals surface area (Å²) in [4.78, 5) is 23.7. The third-order valence-corrected chi connectivity index (χ3v) is 7.37. The van der Waals surface area contributed by atoms with E-state index in [0.717, 1.165) is 63.4 Å². The summed E-state index contributed by atoms with van der Waals surface area (Å²) in [5.41, 5.74) is 1.03. The molecule has 3 fully saturated rings. The Kier molecular flexibility index (Phi) is 5.13. The summed E-state index contributed by atoms with van der Waals surface area (Å²) in [6.45, 7) is 5.87. The Bertz CT molecular complexity index is 943. The zero-order valence-electron chi connectivity index (χ0n) is 17.4. The van der Waals surface area contributed by atoms with Gasteiger partial charge >= 0.3 is 5.97 Å². The van der Waals surface area contributed by atoms with Crippen LogP contribution >= 0.6 is 0 Å². The number of pyridine rings is 1. The van der Waals surface area contributed by atoms with Gasteiger partial charge in [-0.1, -0.05) is 18.2 Å². The molecule has 30 heavy (non-hydrogen) atoms. The summed E-state index contributed by atoms with van der Waals surface area (Å²) in [6, 6.07) is 9.39. The number of fused-ring (bicyclic) bond motifs is 2. The summed E-state index contributed by atoms with van der Waals surface area (Å²) in [5.74, 6) is 0.771. The normalized spacial score (nSPS) is 30.5. The molecule has 5 rings (SSSR count). The fraction of sp³-hybridized carbons (Fsp3) is 0.565. The number of benzene rings is 1. The topological polar surface area (TPSA) is 80.1 Å². The van der Waals surface area contributed by atoms with Crippen molar-refractivity contribution in [3.8, 4) is 0 Å². The zero-order chi connectivity index (χ0) is 20.8. The first-order valence-electron chi connectivity index (χ1n) is 11.0. The first kappa shape index (κ1) is 19.7. The van der Waals surface area contributed by atoms with Crippen LogP contribution in [0.3, 0.4) is 0 Å². The van der Waals surface area contributed by atoms with E-state index in [9.17, 15) is 15.0 Å². The third kappa shape index (κ3) is 3.55. The maximum atomic E-state index is 11.8. The van der Waals surface area contributed by atoms with E-state index in [1.807, 2.05) is 24.3 Å². The Labute approximate surface area is 176 Å². The van der Waals surface area contributed by atoms with Crippen LogP contribution in [0.25, 0.3) is 10.9 Å². The van der Waals surface area contributed by atoms with Gasteiger partial charge in [0.05, 0.1) is 17.2 Å². The van der Waals surface area contributed by atoms with Gasteiger partial charge in [0, 0.05) is 50.7 Å². The van der Waals surface area contributed by atoms with Crippen LogP contribution in [0.4, 0.5) is 5.82 Å². The van der Waals surface area contributed by atoms with Gasteiger partial charge in [-0.2, -0.15) is 0 Å². The number of aliphatic hydroxyl groups is 1. The fourth-order valence-electron chi connectivity index (χ4n) is 5.64. The van der Waals surface area contributed by atoms with Crippen LogP contribution in [0, 0.1) is 11.8 Å². The van der Waals surface area contributed by atoms with E-state index >= 15 is 0 Å². The number of carboxylic acids is 1. The number of hydrogen-bond acceptors (Lipinski definition) is 6. The lowest BCUT2D eigenvalue weighted by Gasteiger charge is -2.44. The molecule has 0 radical (unpaired) electrons. The molecule has 3 aliphatic rings. The first-order chi connectivity index (χ1) is 14.5. The largest absolute Gasteiger partial charge is 0.478 e. The smallest absolute Gasteiger partial charge is 0.336 e. The van der Waals surface area contributed by atoms with E-state index in [2.05, 4.69) is 21.7 Å². The number of piperazine rings is 1. The Morgan fingerprint density at radius 3 is 2.50 bits per heavy atom. The molecular formula is C23H30N4O3. The van der Waals surface area contributed by atoms with Gasteiger partial charge in [0.1, 0.15) is 5.82 Å². The van der Waals surface area contributed by atoms with Crippen LogP contribution in [0.1, 0.15) is 23.2 Å².